The predicted molar refractivity (Wildman–Crippen MR) is 141 cm³/mol. The summed E-state index contributed by atoms with van der Waals surface area (Å²) in [5, 5.41) is 34.5. The second-order valence-corrected chi connectivity index (χ2v) is 10.1. The van der Waals surface area contributed by atoms with Crippen LogP contribution >= 0.6 is 23.2 Å². The minimum atomic E-state index is -1.62. The number of nitrogens with zero attached hydrogens (tertiary/aromatic N) is 6. The number of aromatic nitrogens is 6. The van der Waals surface area contributed by atoms with Crippen molar-refractivity contribution in [2.45, 2.75) is 37.4 Å². The minimum absolute atomic E-state index is 0.00854. The molecule has 41 heavy (non-hydrogen) atoms. The summed E-state index contributed by atoms with van der Waals surface area (Å²) in [6, 6.07) is 5.27. The summed E-state index contributed by atoms with van der Waals surface area (Å²) in [4.78, 5) is 4.53. The Balaban J connectivity index is 1.61. The van der Waals surface area contributed by atoms with Crippen molar-refractivity contribution in [2.75, 3.05) is 13.2 Å². The molecule has 0 amide bonds. The van der Waals surface area contributed by atoms with Crippen molar-refractivity contribution in [3.05, 3.63) is 88.3 Å². The molecule has 0 spiro atoms. The van der Waals surface area contributed by atoms with Crippen LogP contribution in [0.15, 0.2) is 49.2 Å². The van der Waals surface area contributed by atoms with Gasteiger partial charge in [0.05, 0.1) is 30.1 Å². The second-order valence-electron chi connectivity index (χ2n) is 9.21. The predicted octanol–water partition coefficient (Wildman–Crippen LogP) is 4.16. The van der Waals surface area contributed by atoms with Crippen LogP contribution in [0.4, 0.5) is 13.2 Å². The molecule has 15 heteroatoms. The third-order valence-corrected chi connectivity index (χ3v) is 7.05. The van der Waals surface area contributed by atoms with Gasteiger partial charge in [0.1, 0.15) is 42.0 Å². The van der Waals surface area contributed by atoms with Crippen molar-refractivity contribution in [3.8, 4) is 16.9 Å². The molecule has 0 radical (unpaired) electrons. The SMILES string of the molecule is C=CCOC1C(c2nc(C)nn2-c2cc(Cl)ccc2Cl)OC(CO)C(O)C1n1cc(-c2cc(F)c(F)c(F)c2)nn1. The first kappa shape index (κ1) is 29.2. The van der Waals surface area contributed by atoms with Gasteiger partial charge in [-0.1, -0.05) is 34.5 Å². The molecule has 1 fully saturated rings. The highest BCUT2D eigenvalue weighted by Crippen LogP contribution is 2.41. The highest BCUT2D eigenvalue weighted by atomic mass is 35.5. The highest BCUT2D eigenvalue weighted by molar-refractivity contribution is 6.34. The third kappa shape index (κ3) is 5.61. The van der Waals surface area contributed by atoms with Crippen molar-refractivity contribution < 1.29 is 32.9 Å². The zero-order valence-corrected chi connectivity index (χ0v) is 22.8. The molecular formula is C26H23Cl2F3N6O4. The molecule has 0 aliphatic carbocycles. The van der Waals surface area contributed by atoms with Gasteiger partial charge in [0, 0.05) is 10.6 Å². The molecule has 1 aliphatic heterocycles. The fraction of sp³-hybridized carbons (Fsp3) is 0.308. The molecule has 2 aromatic heterocycles. The number of aryl methyl sites for hydroxylation is 1. The summed E-state index contributed by atoms with van der Waals surface area (Å²) in [5.41, 5.74) is 0.303. The lowest BCUT2D eigenvalue weighted by molar-refractivity contribution is -0.221. The fourth-order valence-corrected chi connectivity index (χ4v) is 5.03. The van der Waals surface area contributed by atoms with Gasteiger partial charge in [0.15, 0.2) is 23.3 Å². The highest BCUT2D eigenvalue weighted by Gasteiger charge is 2.50. The van der Waals surface area contributed by atoms with E-state index >= 15 is 0 Å². The Morgan fingerprint density at radius 3 is 2.59 bits per heavy atom. The Hall–Kier alpha value is -3.33. The fourth-order valence-electron chi connectivity index (χ4n) is 4.67. The second kappa shape index (κ2) is 11.9. The topological polar surface area (TPSA) is 120 Å². The first-order valence-corrected chi connectivity index (χ1v) is 13.0. The molecule has 3 heterocycles. The molecule has 216 valence electrons. The Morgan fingerprint density at radius 2 is 1.90 bits per heavy atom. The number of aliphatic hydroxyl groups is 2. The van der Waals surface area contributed by atoms with Crippen molar-refractivity contribution in [1.82, 2.24) is 29.8 Å². The molecule has 5 rings (SSSR count). The van der Waals surface area contributed by atoms with E-state index in [1.165, 1.54) is 21.6 Å². The summed E-state index contributed by atoms with van der Waals surface area (Å²) < 4.78 is 56.2. The summed E-state index contributed by atoms with van der Waals surface area (Å²) in [6.45, 7) is 4.75. The Morgan fingerprint density at radius 1 is 1.17 bits per heavy atom. The first-order chi connectivity index (χ1) is 19.6. The number of hydrogen-bond donors (Lipinski definition) is 2. The summed E-state index contributed by atoms with van der Waals surface area (Å²) >= 11 is 12.7. The van der Waals surface area contributed by atoms with Crippen molar-refractivity contribution in [3.63, 3.8) is 0 Å². The summed E-state index contributed by atoms with van der Waals surface area (Å²) in [7, 11) is 0. The number of benzene rings is 2. The van der Waals surface area contributed by atoms with E-state index in [1.807, 2.05) is 0 Å². The normalized spacial score (nSPS) is 22.7. The lowest BCUT2D eigenvalue weighted by Gasteiger charge is -2.43. The van der Waals surface area contributed by atoms with E-state index < -0.39 is 54.5 Å². The molecule has 1 aliphatic rings. The van der Waals surface area contributed by atoms with Crippen LogP contribution in [0.2, 0.25) is 10.0 Å². The Bertz CT molecular complexity index is 1560. The van der Waals surface area contributed by atoms with Crippen LogP contribution in [0.3, 0.4) is 0 Å². The molecule has 5 unspecified atom stereocenters. The monoisotopic (exact) mass is 610 g/mol. The van der Waals surface area contributed by atoms with E-state index in [9.17, 15) is 23.4 Å². The molecule has 4 aromatic rings. The number of halogens is 5. The minimum Gasteiger partial charge on any atom is -0.394 e. The molecule has 2 N–H and O–H groups in total. The molecule has 0 bridgehead atoms. The number of rotatable bonds is 8. The van der Waals surface area contributed by atoms with Gasteiger partial charge >= 0.3 is 0 Å². The molecule has 2 aromatic carbocycles. The van der Waals surface area contributed by atoms with Crippen molar-refractivity contribution >= 4 is 23.2 Å². The molecule has 1 saturated heterocycles. The Kier molecular flexibility index (Phi) is 8.45. The van der Waals surface area contributed by atoms with Gasteiger partial charge in [-0.3, -0.25) is 0 Å². The van der Waals surface area contributed by atoms with Crippen LogP contribution in [-0.2, 0) is 9.47 Å². The molecule has 10 nitrogen and oxygen atoms in total. The summed E-state index contributed by atoms with van der Waals surface area (Å²) in [6.07, 6.45) is -1.85. The quantitative estimate of drug-likeness (QED) is 0.225. The van der Waals surface area contributed by atoms with Gasteiger partial charge < -0.3 is 19.7 Å². The maximum absolute atomic E-state index is 13.9. The largest absolute Gasteiger partial charge is 0.394 e. The van der Waals surface area contributed by atoms with E-state index in [4.69, 9.17) is 32.7 Å². The van der Waals surface area contributed by atoms with E-state index in [1.54, 1.807) is 25.1 Å². The van der Waals surface area contributed by atoms with Gasteiger partial charge in [-0.15, -0.1) is 11.7 Å². The zero-order chi connectivity index (χ0) is 29.4. The van der Waals surface area contributed by atoms with Gasteiger partial charge in [-0.25, -0.2) is 27.5 Å². The van der Waals surface area contributed by atoms with Crippen molar-refractivity contribution in [1.29, 1.82) is 0 Å². The van der Waals surface area contributed by atoms with Crippen LogP contribution in [0.5, 0.6) is 0 Å². The molecule has 5 atom stereocenters. The average Bonchev–Trinajstić information content (AvgIpc) is 3.58. The lowest BCUT2D eigenvalue weighted by atomic mass is 9.91. The van der Waals surface area contributed by atoms with Crippen LogP contribution < -0.4 is 0 Å². The van der Waals surface area contributed by atoms with Gasteiger partial charge in [0.25, 0.3) is 0 Å². The maximum atomic E-state index is 13.9. The zero-order valence-electron chi connectivity index (χ0n) is 21.3. The molecular weight excluding hydrogens is 588 g/mol. The van der Waals surface area contributed by atoms with Gasteiger partial charge in [-0.2, -0.15) is 5.10 Å². The number of ether oxygens (including phenoxy) is 2. The number of hydrogen-bond acceptors (Lipinski definition) is 8. The lowest BCUT2D eigenvalue weighted by Crippen LogP contribution is -2.54. The Labute approximate surface area is 241 Å². The summed E-state index contributed by atoms with van der Waals surface area (Å²) in [5.74, 6) is -3.84. The number of aliphatic hydroxyl groups excluding tert-OH is 2. The smallest absolute Gasteiger partial charge is 0.194 e. The third-order valence-electron chi connectivity index (χ3n) is 6.50. The standard InChI is InChI=1S/C26H23Cl2F3N6O4/c1-3-6-40-24-22(36-10-18(33-35-36)13-7-16(29)21(31)17(30)8-13)23(39)20(11-38)41-25(24)26-32-12(2)34-37(26)19-9-14(27)4-5-15(19)28/h3-5,7-10,20,22-25,38-39H,1,6,11H2,2H3. The van der Waals surface area contributed by atoms with Crippen LogP contribution in [0.25, 0.3) is 16.9 Å². The maximum Gasteiger partial charge on any atom is 0.194 e. The first-order valence-electron chi connectivity index (χ1n) is 12.3. The van der Waals surface area contributed by atoms with E-state index in [0.717, 1.165) is 12.1 Å². The van der Waals surface area contributed by atoms with E-state index in [0.29, 0.717) is 21.6 Å². The van der Waals surface area contributed by atoms with Gasteiger partial charge in [-0.05, 0) is 37.3 Å². The van der Waals surface area contributed by atoms with Crippen LogP contribution in [0.1, 0.15) is 23.8 Å². The van der Waals surface area contributed by atoms with Crippen molar-refractivity contribution in [2.24, 2.45) is 0 Å². The van der Waals surface area contributed by atoms with Crippen LogP contribution in [-0.4, -0.2) is 71.5 Å². The van der Waals surface area contributed by atoms with E-state index in [2.05, 4.69) is 27.0 Å². The van der Waals surface area contributed by atoms with Crippen LogP contribution in [0, 0.1) is 24.4 Å². The van der Waals surface area contributed by atoms with Gasteiger partial charge in [0.2, 0.25) is 0 Å². The van der Waals surface area contributed by atoms with E-state index in [-0.39, 0.29) is 23.7 Å². The average molecular weight is 611 g/mol. The molecule has 0 saturated carbocycles.